The number of thiocarbonyl (C=S) groups is 1. The lowest BCUT2D eigenvalue weighted by Crippen LogP contribution is -2.26. The van der Waals surface area contributed by atoms with Crippen LogP contribution in [0.1, 0.15) is 24.0 Å². The normalized spacial score (nSPS) is 13.8. The predicted molar refractivity (Wildman–Crippen MR) is 114 cm³/mol. The maximum absolute atomic E-state index is 6.06. The molecule has 0 radical (unpaired) electrons. The van der Waals surface area contributed by atoms with Crippen LogP contribution < -0.4 is 9.47 Å². The Kier molecular flexibility index (Phi) is 6.67. The van der Waals surface area contributed by atoms with E-state index >= 15 is 0 Å². The Morgan fingerprint density at radius 2 is 1.88 bits per heavy atom. The molecule has 26 heavy (non-hydrogen) atoms. The van der Waals surface area contributed by atoms with Crippen LogP contribution in [-0.2, 0) is 6.61 Å². The number of benzene rings is 2. The third kappa shape index (κ3) is 4.45. The summed E-state index contributed by atoms with van der Waals surface area (Å²) in [6.45, 7) is 2.37. The van der Waals surface area contributed by atoms with Gasteiger partial charge in [-0.05, 0) is 58.6 Å². The Hall–Kier alpha value is -1.01. The summed E-state index contributed by atoms with van der Waals surface area (Å²) < 4.78 is 12.3. The highest BCUT2D eigenvalue weighted by molar-refractivity contribution is 9.10. The molecule has 7 heteroatoms. The van der Waals surface area contributed by atoms with E-state index in [9.17, 15) is 0 Å². The Labute approximate surface area is 177 Å². The second kappa shape index (κ2) is 8.79. The fraction of sp³-hybridized carbons (Fsp3) is 0.316. The summed E-state index contributed by atoms with van der Waals surface area (Å²) in [6, 6.07) is 9.34. The van der Waals surface area contributed by atoms with Crippen LogP contribution >= 0.6 is 51.3 Å². The lowest BCUT2D eigenvalue weighted by atomic mass is 10.2. The van der Waals surface area contributed by atoms with E-state index in [2.05, 4.69) is 20.8 Å². The van der Waals surface area contributed by atoms with Gasteiger partial charge in [0.15, 0.2) is 11.5 Å². The molecule has 0 spiro atoms. The minimum Gasteiger partial charge on any atom is -0.493 e. The molecule has 0 aromatic heterocycles. The molecule has 0 N–H and O–H groups in total. The maximum atomic E-state index is 6.06. The smallest absolute Gasteiger partial charge is 0.175 e. The molecule has 1 fully saturated rings. The van der Waals surface area contributed by atoms with Crippen molar-refractivity contribution in [1.29, 1.82) is 0 Å². The lowest BCUT2D eigenvalue weighted by Gasteiger charge is -2.20. The summed E-state index contributed by atoms with van der Waals surface area (Å²) >= 11 is 21.2. The van der Waals surface area contributed by atoms with Crippen molar-refractivity contribution in [2.75, 3.05) is 20.2 Å². The number of hydrogen-bond donors (Lipinski definition) is 0. The van der Waals surface area contributed by atoms with E-state index in [0.717, 1.165) is 33.7 Å². The van der Waals surface area contributed by atoms with Crippen molar-refractivity contribution in [3.05, 3.63) is 56.0 Å². The van der Waals surface area contributed by atoms with Gasteiger partial charge in [-0.25, -0.2) is 0 Å². The first-order valence-electron chi connectivity index (χ1n) is 8.23. The highest BCUT2D eigenvalue weighted by Crippen LogP contribution is 2.38. The van der Waals surface area contributed by atoms with E-state index in [1.807, 2.05) is 18.2 Å². The van der Waals surface area contributed by atoms with Gasteiger partial charge in [-0.1, -0.05) is 41.5 Å². The van der Waals surface area contributed by atoms with Gasteiger partial charge in [-0.3, -0.25) is 0 Å². The summed E-state index contributed by atoms with van der Waals surface area (Å²) in [7, 11) is 1.62. The molecule has 138 valence electrons. The van der Waals surface area contributed by atoms with Gasteiger partial charge in [0.25, 0.3) is 0 Å². The van der Waals surface area contributed by atoms with Crippen molar-refractivity contribution >= 4 is 56.3 Å². The van der Waals surface area contributed by atoms with Crippen molar-refractivity contribution in [2.24, 2.45) is 0 Å². The second-order valence-corrected chi connectivity index (χ2v) is 8.08. The molecule has 3 nitrogen and oxygen atoms in total. The van der Waals surface area contributed by atoms with E-state index in [1.165, 1.54) is 12.8 Å². The van der Waals surface area contributed by atoms with Gasteiger partial charge in [0.05, 0.1) is 21.6 Å². The Bertz CT molecular complexity index is 825. The molecule has 2 aromatic rings. The number of halogens is 3. The number of rotatable bonds is 5. The third-order valence-corrected chi connectivity index (χ3v) is 6.06. The Morgan fingerprint density at radius 3 is 2.54 bits per heavy atom. The van der Waals surface area contributed by atoms with Gasteiger partial charge in [0.1, 0.15) is 11.6 Å². The average molecular weight is 475 g/mol. The largest absolute Gasteiger partial charge is 0.493 e. The highest BCUT2D eigenvalue weighted by atomic mass is 79.9. The first kappa shape index (κ1) is 19.7. The van der Waals surface area contributed by atoms with E-state index in [4.69, 9.17) is 44.9 Å². The number of methoxy groups -OCH3 is 1. The van der Waals surface area contributed by atoms with E-state index in [1.54, 1.807) is 19.2 Å². The van der Waals surface area contributed by atoms with Gasteiger partial charge < -0.3 is 14.4 Å². The molecule has 1 aliphatic rings. The van der Waals surface area contributed by atoms with Crippen molar-refractivity contribution in [3.8, 4) is 11.5 Å². The molecule has 0 amide bonds. The minimum absolute atomic E-state index is 0.349. The summed E-state index contributed by atoms with van der Waals surface area (Å²) in [5.41, 5.74) is 1.87. The van der Waals surface area contributed by atoms with Crippen LogP contribution in [0.5, 0.6) is 11.5 Å². The summed E-state index contributed by atoms with van der Waals surface area (Å²) in [5.74, 6) is 1.27. The molecule has 1 aliphatic heterocycles. The molecule has 0 atom stereocenters. The maximum Gasteiger partial charge on any atom is 0.175 e. The number of nitrogens with zero attached hydrogens (tertiary/aromatic N) is 1. The minimum atomic E-state index is 0.349. The van der Waals surface area contributed by atoms with Gasteiger partial charge in [-0.15, -0.1) is 0 Å². The molecule has 1 saturated heterocycles. The number of ether oxygens (including phenoxy) is 2. The topological polar surface area (TPSA) is 21.7 Å². The number of hydrogen-bond acceptors (Lipinski definition) is 3. The Balaban J connectivity index is 1.80. The van der Waals surface area contributed by atoms with Crippen LogP contribution in [0.15, 0.2) is 34.8 Å². The molecular weight excluding hydrogens is 457 g/mol. The van der Waals surface area contributed by atoms with Crippen LogP contribution in [0.3, 0.4) is 0 Å². The standard InChI is InChI=1S/C19H18BrCl2NO2S/c1-24-17-10-13(19(26)23-6-2-3-7-23)9-14(20)18(17)25-11-12-4-5-15(21)16(22)8-12/h4-5,8-10H,2-3,6-7,11H2,1H3. The lowest BCUT2D eigenvalue weighted by molar-refractivity contribution is 0.282. The zero-order valence-corrected chi connectivity index (χ0v) is 18.1. The van der Waals surface area contributed by atoms with E-state index in [-0.39, 0.29) is 0 Å². The number of likely N-dealkylation sites (tertiary alicyclic amines) is 1. The molecule has 2 aromatic carbocycles. The van der Waals surface area contributed by atoms with Crippen LogP contribution in [-0.4, -0.2) is 30.1 Å². The monoisotopic (exact) mass is 473 g/mol. The molecule has 0 aliphatic carbocycles. The fourth-order valence-electron chi connectivity index (χ4n) is 2.87. The van der Waals surface area contributed by atoms with E-state index in [0.29, 0.717) is 28.2 Å². The van der Waals surface area contributed by atoms with Gasteiger partial charge >= 0.3 is 0 Å². The van der Waals surface area contributed by atoms with Gasteiger partial charge in [0, 0.05) is 18.7 Å². The summed E-state index contributed by atoms with van der Waals surface area (Å²) in [6.07, 6.45) is 2.37. The first-order valence-corrected chi connectivity index (χ1v) is 10.2. The average Bonchev–Trinajstić information content (AvgIpc) is 3.17. The van der Waals surface area contributed by atoms with E-state index < -0.39 is 0 Å². The molecule has 0 unspecified atom stereocenters. The van der Waals surface area contributed by atoms with Crippen molar-refractivity contribution in [2.45, 2.75) is 19.4 Å². The molecule has 1 heterocycles. The molecule has 0 bridgehead atoms. The highest BCUT2D eigenvalue weighted by Gasteiger charge is 2.20. The van der Waals surface area contributed by atoms with Crippen molar-refractivity contribution in [3.63, 3.8) is 0 Å². The molecule has 0 saturated carbocycles. The van der Waals surface area contributed by atoms with Crippen LogP contribution in [0.2, 0.25) is 10.0 Å². The van der Waals surface area contributed by atoms with Crippen LogP contribution in [0.25, 0.3) is 0 Å². The Morgan fingerprint density at radius 1 is 1.15 bits per heavy atom. The quantitative estimate of drug-likeness (QED) is 0.487. The van der Waals surface area contributed by atoms with Crippen LogP contribution in [0, 0.1) is 0 Å². The second-order valence-electron chi connectivity index (χ2n) is 6.03. The zero-order chi connectivity index (χ0) is 18.7. The molecule has 3 rings (SSSR count). The van der Waals surface area contributed by atoms with Gasteiger partial charge in [0.2, 0.25) is 0 Å². The van der Waals surface area contributed by atoms with Crippen molar-refractivity contribution in [1.82, 2.24) is 4.90 Å². The fourth-order valence-corrected chi connectivity index (χ4v) is 4.05. The van der Waals surface area contributed by atoms with Gasteiger partial charge in [-0.2, -0.15) is 0 Å². The first-order chi connectivity index (χ1) is 12.5. The third-order valence-electron chi connectivity index (χ3n) is 4.24. The van der Waals surface area contributed by atoms with Crippen molar-refractivity contribution < 1.29 is 9.47 Å². The molecular formula is C19H18BrCl2NO2S. The summed E-state index contributed by atoms with van der Waals surface area (Å²) in [5, 5.41) is 1.03. The SMILES string of the molecule is COc1cc(C(=S)N2CCCC2)cc(Br)c1OCc1ccc(Cl)c(Cl)c1. The summed E-state index contributed by atoms with van der Waals surface area (Å²) in [4.78, 5) is 3.07. The predicted octanol–water partition coefficient (Wildman–Crippen LogP) is 6.11. The van der Waals surface area contributed by atoms with Crippen LogP contribution in [0.4, 0.5) is 0 Å². The zero-order valence-electron chi connectivity index (χ0n) is 14.2.